The van der Waals surface area contributed by atoms with Gasteiger partial charge in [-0.3, -0.25) is 0 Å². The van der Waals surface area contributed by atoms with Crippen LogP contribution in [-0.4, -0.2) is 20.4 Å². The summed E-state index contributed by atoms with van der Waals surface area (Å²) in [6, 6.07) is 15.0. The molecule has 0 radical (unpaired) electrons. The van der Waals surface area contributed by atoms with Crippen LogP contribution >= 0.6 is 24.0 Å². The van der Waals surface area contributed by atoms with E-state index in [1.165, 1.54) is 0 Å². The van der Waals surface area contributed by atoms with E-state index in [1.54, 1.807) is 19.9 Å². The predicted molar refractivity (Wildman–Crippen MR) is 123 cm³/mol. The first-order valence-electron chi connectivity index (χ1n) is 8.45. The van der Waals surface area contributed by atoms with Crippen molar-refractivity contribution in [2.45, 2.75) is 39.1 Å². The van der Waals surface area contributed by atoms with E-state index >= 15 is 0 Å². The summed E-state index contributed by atoms with van der Waals surface area (Å²) in [5.41, 5.74) is 9.51. The Labute approximate surface area is 178 Å². The van der Waals surface area contributed by atoms with Crippen molar-refractivity contribution in [3.05, 3.63) is 65.2 Å². The van der Waals surface area contributed by atoms with Gasteiger partial charge in [-0.1, -0.05) is 42.0 Å². The number of halogens is 1. The molecular weight excluding hydrogens is 475 g/mol. The van der Waals surface area contributed by atoms with E-state index in [2.05, 4.69) is 15.0 Å². The first-order chi connectivity index (χ1) is 12.2. The molecule has 0 aliphatic heterocycles. The maximum atomic E-state index is 12.2. The van der Waals surface area contributed by atoms with E-state index in [9.17, 15) is 8.42 Å². The third kappa shape index (κ3) is 8.27. The molecule has 148 valence electrons. The molecular formula is C19H27IN4O2S. The van der Waals surface area contributed by atoms with Crippen molar-refractivity contribution >= 4 is 45.6 Å². The summed E-state index contributed by atoms with van der Waals surface area (Å²) in [4.78, 5) is 4.33. The molecule has 0 unspecified atom stereocenters. The van der Waals surface area contributed by atoms with Gasteiger partial charge < -0.3 is 11.1 Å². The number of aryl methyl sites for hydroxylation is 1. The maximum Gasteiger partial charge on any atom is 0.216 e. The molecule has 0 aliphatic rings. The molecule has 2 aromatic carbocycles. The number of anilines is 1. The topological polar surface area (TPSA) is 96.6 Å². The second-order valence-corrected chi connectivity index (χ2v) is 8.25. The van der Waals surface area contributed by atoms with Crippen molar-refractivity contribution in [1.29, 1.82) is 0 Å². The molecule has 0 fully saturated rings. The molecule has 4 N–H and O–H groups in total. The fraction of sp³-hybridized carbons (Fsp3) is 0.316. The second kappa shape index (κ2) is 10.6. The lowest BCUT2D eigenvalue weighted by Gasteiger charge is -2.12. The molecule has 0 heterocycles. The molecule has 0 saturated carbocycles. The van der Waals surface area contributed by atoms with Gasteiger partial charge in [0.2, 0.25) is 10.0 Å². The van der Waals surface area contributed by atoms with Gasteiger partial charge in [-0.2, -0.15) is 0 Å². The molecule has 0 spiro atoms. The summed E-state index contributed by atoms with van der Waals surface area (Å²) in [5, 5.41) is 3.03. The second-order valence-electron chi connectivity index (χ2n) is 6.49. The summed E-state index contributed by atoms with van der Waals surface area (Å²) in [6.07, 6.45) is 0. The quantitative estimate of drug-likeness (QED) is 0.307. The minimum Gasteiger partial charge on any atom is -0.370 e. The zero-order valence-electron chi connectivity index (χ0n) is 15.8. The van der Waals surface area contributed by atoms with Crippen LogP contribution in [0.3, 0.4) is 0 Å². The van der Waals surface area contributed by atoms with E-state index in [0.717, 1.165) is 16.8 Å². The van der Waals surface area contributed by atoms with Gasteiger partial charge in [0.15, 0.2) is 5.96 Å². The Morgan fingerprint density at radius 3 is 2.26 bits per heavy atom. The number of guanidine groups is 1. The highest BCUT2D eigenvalue weighted by Gasteiger charge is 2.15. The minimum atomic E-state index is -3.39. The zero-order chi connectivity index (χ0) is 19.2. The van der Waals surface area contributed by atoms with E-state index in [-0.39, 0.29) is 41.7 Å². The van der Waals surface area contributed by atoms with Crippen molar-refractivity contribution in [2.24, 2.45) is 10.7 Å². The van der Waals surface area contributed by atoms with Crippen LogP contribution in [0.2, 0.25) is 0 Å². The summed E-state index contributed by atoms with van der Waals surface area (Å²) < 4.78 is 27.0. The first-order valence-corrected chi connectivity index (χ1v) is 10.1. The number of nitrogens with two attached hydrogens (primary N) is 1. The van der Waals surface area contributed by atoms with Crippen molar-refractivity contribution in [1.82, 2.24) is 4.72 Å². The highest BCUT2D eigenvalue weighted by atomic mass is 127. The Hall–Kier alpha value is -1.65. The van der Waals surface area contributed by atoms with E-state index in [0.29, 0.717) is 12.1 Å². The van der Waals surface area contributed by atoms with Gasteiger partial charge in [0.25, 0.3) is 0 Å². The van der Waals surface area contributed by atoms with Gasteiger partial charge in [0, 0.05) is 11.7 Å². The van der Waals surface area contributed by atoms with E-state index in [4.69, 9.17) is 5.73 Å². The van der Waals surface area contributed by atoms with Crippen LogP contribution in [0.25, 0.3) is 0 Å². The molecule has 0 atom stereocenters. The van der Waals surface area contributed by atoms with Crippen LogP contribution in [0.4, 0.5) is 5.69 Å². The molecule has 0 aliphatic carbocycles. The fourth-order valence-electron chi connectivity index (χ4n) is 2.45. The van der Waals surface area contributed by atoms with Crippen molar-refractivity contribution < 1.29 is 8.42 Å². The summed E-state index contributed by atoms with van der Waals surface area (Å²) in [6.45, 7) is 5.91. The minimum absolute atomic E-state index is 0. The SMILES string of the molecule is Cc1ccc(NC(N)=NCc2ccccc2CS(=O)(=O)NC(C)C)cc1.I. The zero-order valence-corrected chi connectivity index (χ0v) is 18.9. The van der Waals surface area contributed by atoms with Gasteiger partial charge in [-0.05, 0) is 44.0 Å². The number of rotatable bonds is 7. The average molecular weight is 502 g/mol. The number of aliphatic imine (C=N–C) groups is 1. The van der Waals surface area contributed by atoms with Crippen molar-refractivity contribution in [3.63, 3.8) is 0 Å². The third-order valence-electron chi connectivity index (χ3n) is 3.62. The first kappa shape index (κ1) is 23.4. The predicted octanol–water partition coefficient (Wildman–Crippen LogP) is 3.37. The lowest BCUT2D eigenvalue weighted by Crippen LogP contribution is -2.31. The largest absolute Gasteiger partial charge is 0.370 e. The van der Waals surface area contributed by atoms with Crippen molar-refractivity contribution in [3.8, 4) is 0 Å². The van der Waals surface area contributed by atoms with Crippen LogP contribution in [0.15, 0.2) is 53.5 Å². The molecule has 2 rings (SSSR count). The van der Waals surface area contributed by atoms with Crippen LogP contribution in [0.1, 0.15) is 30.5 Å². The number of sulfonamides is 1. The Morgan fingerprint density at radius 1 is 1.07 bits per heavy atom. The summed E-state index contributed by atoms with van der Waals surface area (Å²) in [7, 11) is -3.39. The number of hydrogen-bond donors (Lipinski definition) is 3. The lowest BCUT2D eigenvalue weighted by atomic mass is 10.1. The lowest BCUT2D eigenvalue weighted by molar-refractivity contribution is 0.569. The number of nitrogens with one attached hydrogen (secondary N) is 2. The number of benzene rings is 2. The van der Waals surface area contributed by atoms with Gasteiger partial charge in [0.1, 0.15) is 0 Å². The molecule has 0 bridgehead atoms. The van der Waals surface area contributed by atoms with Crippen LogP contribution in [0, 0.1) is 6.92 Å². The molecule has 2 aromatic rings. The molecule has 8 heteroatoms. The van der Waals surface area contributed by atoms with E-state index < -0.39 is 10.0 Å². The third-order valence-corrected chi connectivity index (χ3v) is 5.14. The Morgan fingerprint density at radius 2 is 1.67 bits per heavy atom. The van der Waals surface area contributed by atoms with Gasteiger partial charge in [0.05, 0.1) is 12.3 Å². The van der Waals surface area contributed by atoms with Gasteiger partial charge in [-0.25, -0.2) is 18.1 Å². The Bertz CT molecular complexity index is 866. The molecule has 0 saturated heterocycles. The Balaban J connectivity index is 0.00000364. The molecule has 27 heavy (non-hydrogen) atoms. The monoisotopic (exact) mass is 502 g/mol. The highest BCUT2D eigenvalue weighted by Crippen LogP contribution is 2.14. The average Bonchev–Trinajstić information content (AvgIpc) is 2.54. The van der Waals surface area contributed by atoms with Crippen LogP contribution < -0.4 is 15.8 Å². The van der Waals surface area contributed by atoms with Crippen LogP contribution in [0.5, 0.6) is 0 Å². The molecule has 6 nitrogen and oxygen atoms in total. The number of hydrogen-bond acceptors (Lipinski definition) is 3. The fourth-order valence-corrected chi connectivity index (χ4v) is 3.95. The maximum absolute atomic E-state index is 12.2. The van der Waals surface area contributed by atoms with Crippen LogP contribution in [-0.2, 0) is 22.3 Å². The van der Waals surface area contributed by atoms with E-state index in [1.807, 2.05) is 49.4 Å². The van der Waals surface area contributed by atoms with Gasteiger partial charge >= 0.3 is 0 Å². The highest BCUT2D eigenvalue weighted by molar-refractivity contribution is 14.0. The van der Waals surface area contributed by atoms with Crippen molar-refractivity contribution in [2.75, 3.05) is 5.32 Å². The number of nitrogens with zero attached hydrogens (tertiary/aromatic N) is 1. The molecule has 0 aromatic heterocycles. The summed E-state index contributed by atoms with van der Waals surface area (Å²) >= 11 is 0. The smallest absolute Gasteiger partial charge is 0.216 e. The normalized spacial score (nSPS) is 11.9. The standard InChI is InChI=1S/C19H26N4O2S.HI/c1-14(2)23-26(24,25)13-17-7-5-4-6-16(17)12-21-19(20)22-18-10-8-15(3)9-11-18;/h4-11,14,23H,12-13H2,1-3H3,(H3,20,21,22);1H. The van der Waals surface area contributed by atoms with Gasteiger partial charge in [-0.15, -0.1) is 24.0 Å². The molecule has 0 amide bonds. The summed E-state index contributed by atoms with van der Waals surface area (Å²) in [5.74, 6) is 0.203. The Kier molecular flexibility index (Phi) is 9.20.